The van der Waals surface area contributed by atoms with E-state index in [0.717, 1.165) is 45.1 Å². The molecule has 0 N–H and O–H groups in total. The van der Waals surface area contributed by atoms with E-state index >= 15 is 0 Å². The normalized spacial score (nSPS) is 31.9. The summed E-state index contributed by atoms with van der Waals surface area (Å²) in [5.41, 5.74) is -0.243. The van der Waals surface area contributed by atoms with Crippen molar-refractivity contribution >= 4 is 12.4 Å². The van der Waals surface area contributed by atoms with Gasteiger partial charge in [-0.1, -0.05) is 0 Å². The first-order valence-corrected chi connectivity index (χ1v) is 6.77. The molecule has 4 nitrogen and oxygen atoms in total. The molecule has 1 saturated carbocycles. The molecule has 1 spiro atoms. The van der Waals surface area contributed by atoms with Crippen LogP contribution in [0, 0.1) is 11.3 Å². The van der Waals surface area contributed by atoms with Crippen LogP contribution in [0.3, 0.4) is 0 Å². The first-order chi connectivity index (χ1) is 8.34. The molecule has 2 aliphatic rings. The summed E-state index contributed by atoms with van der Waals surface area (Å²) in [6.45, 7) is 7.19. The lowest BCUT2D eigenvalue weighted by atomic mass is 9.59. The van der Waals surface area contributed by atoms with E-state index in [1.54, 1.807) is 0 Å². The molecule has 102 valence electrons. The third-order valence-electron chi connectivity index (χ3n) is 3.90. The van der Waals surface area contributed by atoms with Gasteiger partial charge in [0, 0.05) is 19.0 Å². The molecule has 2 fully saturated rings. The summed E-state index contributed by atoms with van der Waals surface area (Å²) in [6.07, 6.45) is 4.88. The molecule has 1 aliphatic carbocycles. The summed E-state index contributed by atoms with van der Waals surface area (Å²) in [5, 5.41) is 0. The van der Waals surface area contributed by atoms with Crippen LogP contribution in [0.1, 0.15) is 46.5 Å². The Bertz CT molecular complexity index is 339. The monoisotopic (exact) mass is 253 g/mol. The quantitative estimate of drug-likeness (QED) is 0.675. The number of carbonyl (C=O) groups is 2. The van der Waals surface area contributed by atoms with E-state index in [4.69, 9.17) is 4.74 Å². The maximum atomic E-state index is 12.0. The van der Waals surface area contributed by atoms with Crippen molar-refractivity contribution < 1.29 is 14.3 Å². The lowest BCUT2D eigenvalue weighted by molar-refractivity contribution is -0.120. The molecule has 1 aliphatic heterocycles. The maximum Gasteiger partial charge on any atom is 0.410 e. The molecule has 2 rings (SSSR count). The highest BCUT2D eigenvalue weighted by atomic mass is 16.6. The fourth-order valence-electron chi connectivity index (χ4n) is 3.17. The Hall–Kier alpha value is -1.06. The maximum absolute atomic E-state index is 12.0. The van der Waals surface area contributed by atoms with Gasteiger partial charge in [0.25, 0.3) is 0 Å². The van der Waals surface area contributed by atoms with Crippen LogP contribution in [0.25, 0.3) is 0 Å². The van der Waals surface area contributed by atoms with Crippen molar-refractivity contribution in [2.24, 2.45) is 11.3 Å². The summed E-state index contributed by atoms with van der Waals surface area (Å²) in [7, 11) is 0. The van der Waals surface area contributed by atoms with Crippen molar-refractivity contribution in [3.63, 3.8) is 0 Å². The highest BCUT2D eigenvalue weighted by Gasteiger charge is 2.47. The van der Waals surface area contributed by atoms with Gasteiger partial charge in [-0.25, -0.2) is 4.79 Å². The number of likely N-dealkylation sites (tertiary alicyclic amines) is 1. The second-order valence-corrected chi connectivity index (χ2v) is 6.81. The molecule has 0 aromatic carbocycles. The lowest BCUT2D eigenvalue weighted by Crippen LogP contribution is -2.53. The Kier molecular flexibility index (Phi) is 3.39. The zero-order chi connectivity index (χ0) is 13.4. The molecule has 18 heavy (non-hydrogen) atoms. The van der Waals surface area contributed by atoms with Crippen molar-refractivity contribution in [3.8, 4) is 0 Å². The second kappa shape index (κ2) is 4.56. The SMILES string of the molecule is CC(C)(C)OC(=O)N1CCCC2(CC(C=O)C2)C1. The van der Waals surface area contributed by atoms with Gasteiger partial charge in [0.2, 0.25) is 0 Å². The Labute approximate surface area is 109 Å². The Balaban J connectivity index is 1.91. The first-order valence-electron chi connectivity index (χ1n) is 6.77. The largest absolute Gasteiger partial charge is 0.444 e. The number of piperidine rings is 1. The molecule has 0 atom stereocenters. The molecular weight excluding hydrogens is 230 g/mol. The van der Waals surface area contributed by atoms with Gasteiger partial charge in [0.1, 0.15) is 11.9 Å². The van der Waals surface area contributed by atoms with Crippen LogP contribution in [-0.2, 0) is 9.53 Å². The highest BCUT2D eigenvalue weighted by Crippen LogP contribution is 2.50. The average molecular weight is 253 g/mol. The highest BCUT2D eigenvalue weighted by molar-refractivity contribution is 5.68. The van der Waals surface area contributed by atoms with Crippen molar-refractivity contribution in [3.05, 3.63) is 0 Å². The average Bonchev–Trinajstić information content (AvgIpc) is 2.23. The van der Waals surface area contributed by atoms with Crippen LogP contribution in [0.15, 0.2) is 0 Å². The minimum absolute atomic E-state index is 0.195. The van der Waals surface area contributed by atoms with E-state index < -0.39 is 5.60 Å². The third-order valence-corrected chi connectivity index (χ3v) is 3.90. The van der Waals surface area contributed by atoms with Gasteiger partial charge in [-0.2, -0.15) is 0 Å². The van der Waals surface area contributed by atoms with E-state index in [9.17, 15) is 9.59 Å². The second-order valence-electron chi connectivity index (χ2n) is 6.81. The van der Waals surface area contributed by atoms with Crippen molar-refractivity contribution in [1.29, 1.82) is 0 Å². The van der Waals surface area contributed by atoms with Gasteiger partial charge in [-0.05, 0) is 51.9 Å². The molecule has 1 amide bonds. The number of aldehydes is 1. The molecule has 0 aromatic heterocycles. The minimum atomic E-state index is -0.438. The van der Waals surface area contributed by atoms with Crippen LogP contribution in [0.4, 0.5) is 4.79 Å². The van der Waals surface area contributed by atoms with Gasteiger partial charge >= 0.3 is 6.09 Å². The molecule has 0 unspecified atom stereocenters. The Morgan fingerprint density at radius 2 is 2.06 bits per heavy atom. The fraction of sp³-hybridized carbons (Fsp3) is 0.857. The van der Waals surface area contributed by atoms with Gasteiger partial charge in [0.15, 0.2) is 0 Å². The predicted octanol–water partition coefficient (Wildman–Crippen LogP) is 2.61. The van der Waals surface area contributed by atoms with Gasteiger partial charge in [-0.15, -0.1) is 0 Å². The molecule has 1 heterocycles. The van der Waals surface area contributed by atoms with Crippen LogP contribution in [0.2, 0.25) is 0 Å². The molecule has 4 heteroatoms. The standard InChI is InChI=1S/C14H23NO3/c1-13(2,3)18-12(17)15-6-4-5-14(10-15)7-11(8-14)9-16/h9,11H,4-8,10H2,1-3H3. The van der Waals surface area contributed by atoms with Gasteiger partial charge < -0.3 is 14.4 Å². The van der Waals surface area contributed by atoms with Crippen molar-refractivity contribution in [2.45, 2.75) is 52.1 Å². The number of hydrogen-bond donors (Lipinski definition) is 0. The van der Waals surface area contributed by atoms with E-state index in [1.165, 1.54) is 0 Å². The summed E-state index contributed by atoms with van der Waals surface area (Å²) in [4.78, 5) is 24.6. The molecule has 0 bridgehead atoms. The van der Waals surface area contributed by atoms with Crippen LogP contribution in [0.5, 0.6) is 0 Å². The van der Waals surface area contributed by atoms with E-state index in [2.05, 4.69) is 0 Å². The summed E-state index contributed by atoms with van der Waals surface area (Å²) < 4.78 is 5.41. The Morgan fingerprint density at radius 1 is 1.39 bits per heavy atom. The van der Waals surface area contributed by atoms with E-state index in [1.807, 2.05) is 25.7 Å². The zero-order valence-corrected chi connectivity index (χ0v) is 11.6. The Morgan fingerprint density at radius 3 is 2.61 bits per heavy atom. The summed E-state index contributed by atoms with van der Waals surface area (Å²) in [5.74, 6) is 0.212. The number of amides is 1. The molecule has 1 saturated heterocycles. The smallest absolute Gasteiger partial charge is 0.410 e. The van der Waals surface area contributed by atoms with E-state index in [-0.39, 0.29) is 17.4 Å². The fourth-order valence-corrected chi connectivity index (χ4v) is 3.17. The molecule has 0 aromatic rings. The van der Waals surface area contributed by atoms with Crippen LogP contribution >= 0.6 is 0 Å². The number of nitrogens with zero attached hydrogens (tertiary/aromatic N) is 1. The van der Waals surface area contributed by atoms with Crippen LogP contribution in [-0.4, -0.2) is 36.0 Å². The van der Waals surface area contributed by atoms with Crippen molar-refractivity contribution in [1.82, 2.24) is 4.90 Å². The van der Waals surface area contributed by atoms with E-state index in [0.29, 0.717) is 0 Å². The first kappa shape index (κ1) is 13.4. The van der Waals surface area contributed by atoms with Crippen molar-refractivity contribution in [2.75, 3.05) is 13.1 Å². The topological polar surface area (TPSA) is 46.6 Å². The van der Waals surface area contributed by atoms with Crippen LogP contribution < -0.4 is 0 Å². The molecule has 0 radical (unpaired) electrons. The van der Waals surface area contributed by atoms with Gasteiger partial charge in [-0.3, -0.25) is 0 Å². The number of ether oxygens (including phenoxy) is 1. The minimum Gasteiger partial charge on any atom is -0.444 e. The number of carbonyl (C=O) groups excluding carboxylic acids is 2. The molecular formula is C14H23NO3. The lowest BCUT2D eigenvalue weighted by Gasteiger charge is -2.51. The summed E-state index contributed by atoms with van der Waals surface area (Å²) in [6, 6.07) is 0. The van der Waals surface area contributed by atoms with Gasteiger partial charge in [0.05, 0.1) is 0 Å². The number of hydrogen-bond acceptors (Lipinski definition) is 3. The summed E-state index contributed by atoms with van der Waals surface area (Å²) >= 11 is 0. The zero-order valence-electron chi connectivity index (χ0n) is 11.6. The third kappa shape index (κ3) is 2.85. The predicted molar refractivity (Wildman–Crippen MR) is 68.3 cm³/mol. The number of rotatable bonds is 1.